The zero-order chi connectivity index (χ0) is 18.8. The third kappa shape index (κ3) is 7.73. The van der Waals surface area contributed by atoms with Crippen molar-refractivity contribution in [2.24, 2.45) is 0 Å². The lowest BCUT2D eigenvalue weighted by atomic mass is 10.1. The van der Waals surface area contributed by atoms with E-state index < -0.39 is 0 Å². The fourth-order valence-corrected chi connectivity index (χ4v) is 3.43. The second kappa shape index (κ2) is 14.0. The lowest BCUT2D eigenvalue weighted by molar-refractivity contribution is 0.317. The number of rotatable bonds is 2. The standard InChI is InChI=1S/C10H14N2.C10H12N2.I2.HI/c2*1-12-7-3-5-10(12)9-4-2-6-11-8-9;1-2;/h2,4,6,8,10H,3,5,7H2,1H3;2,4-6,8H,3,7H2,1H3;;1H. The molecule has 4 heterocycles. The van der Waals surface area contributed by atoms with Gasteiger partial charge >= 0.3 is 0 Å². The molecule has 0 bridgehead atoms. The van der Waals surface area contributed by atoms with Crippen LogP contribution < -0.4 is 0 Å². The minimum absolute atomic E-state index is 0. The van der Waals surface area contributed by atoms with Gasteiger partial charge in [0.25, 0.3) is 0 Å². The molecule has 0 radical (unpaired) electrons. The van der Waals surface area contributed by atoms with E-state index in [1.54, 1.807) is 6.20 Å². The van der Waals surface area contributed by atoms with Crippen LogP contribution in [0.25, 0.3) is 5.70 Å². The number of aromatic nitrogens is 2. The first-order valence-electron chi connectivity index (χ1n) is 8.82. The van der Waals surface area contributed by atoms with Crippen molar-refractivity contribution in [1.82, 2.24) is 19.8 Å². The molecule has 1 saturated heterocycles. The van der Waals surface area contributed by atoms with Crippen molar-refractivity contribution in [3.8, 4) is 0 Å². The molecule has 2 aliphatic rings. The van der Waals surface area contributed by atoms with Gasteiger partial charge in [0.15, 0.2) is 0 Å². The average Bonchev–Trinajstić information content (AvgIpc) is 3.33. The second-order valence-electron chi connectivity index (χ2n) is 6.47. The van der Waals surface area contributed by atoms with Crippen LogP contribution in [0.2, 0.25) is 0 Å². The monoisotopic (exact) mass is 704 g/mol. The molecule has 2 aromatic heterocycles. The minimum Gasteiger partial charge on any atom is -0.374 e. The maximum Gasteiger partial charge on any atom is 0.0413 e. The van der Waals surface area contributed by atoms with Crippen molar-refractivity contribution < 1.29 is 0 Å². The lowest BCUT2D eigenvalue weighted by Crippen LogP contribution is -2.17. The number of hydrogen-bond acceptors (Lipinski definition) is 4. The maximum absolute atomic E-state index is 4.14. The molecule has 0 saturated carbocycles. The van der Waals surface area contributed by atoms with E-state index in [1.807, 2.05) is 30.7 Å². The van der Waals surface area contributed by atoms with Crippen molar-refractivity contribution in [3.05, 3.63) is 66.3 Å². The summed E-state index contributed by atoms with van der Waals surface area (Å²) in [6.07, 6.45) is 13.5. The Labute approximate surface area is 203 Å². The molecule has 4 rings (SSSR count). The zero-order valence-electron chi connectivity index (χ0n) is 15.8. The molecule has 148 valence electrons. The average molecular weight is 704 g/mol. The third-order valence-corrected chi connectivity index (χ3v) is 4.76. The highest BCUT2D eigenvalue weighted by atomic mass is 128. The molecule has 1 fully saturated rings. The van der Waals surface area contributed by atoms with Crippen LogP contribution in [0.15, 0.2) is 55.1 Å². The highest BCUT2D eigenvalue weighted by Crippen LogP contribution is 2.29. The fraction of sp³-hybridized carbons (Fsp3) is 0.400. The van der Waals surface area contributed by atoms with Crippen molar-refractivity contribution in [2.75, 3.05) is 27.2 Å². The van der Waals surface area contributed by atoms with Crippen LogP contribution in [-0.4, -0.2) is 47.0 Å². The molecule has 0 aliphatic carbocycles. The van der Waals surface area contributed by atoms with Gasteiger partial charge in [-0.3, -0.25) is 14.9 Å². The van der Waals surface area contributed by atoms with Gasteiger partial charge in [0, 0.05) is 92.9 Å². The van der Waals surface area contributed by atoms with E-state index in [9.17, 15) is 0 Å². The molecular weight excluding hydrogens is 677 g/mol. The number of likely N-dealkylation sites (tertiary alicyclic amines) is 1. The topological polar surface area (TPSA) is 32.3 Å². The van der Waals surface area contributed by atoms with E-state index in [1.165, 1.54) is 36.2 Å². The summed E-state index contributed by atoms with van der Waals surface area (Å²) in [7, 11) is 4.30. The van der Waals surface area contributed by atoms with Gasteiger partial charge < -0.3 is 4.90 Å². The molecule has 1 atom stereocenters. The quantitative estimate of drug-likeness (QED) is 0.360. The summed E-state index contributed by atoms with van der Waals surface area (Å²) in [6, 6.07) is 8.86. The van der Waals surface area contributed by atoms with E-state index >= 15 is 0 Å². The normalized spacial score (nSPS) is 18.4. The summed E-state index contributed by atoms with van der Waals surface area (Å²) in [6.45, 7) is 2.35. The van der Waals surface area contributed by atoms with Crippen molar-refractivity contribution in [3.63, 3.8) is 0 Å². The second-order valence-corrected chi connectivity index (χ2v) is 6.47. The highest BCUT2D eigenvalue weighted by Gasteiger charge is 2.21. The van der Waals surface area contributed by atoms with Gasteiger partial charge in [-0.2, -0.15) is 0 Å². The van der Waals surface area contributed by atoms with Gasteiger partial charge in [-0.15, -0.1) is 24.0 Å². The Morgan fingerprint density at radius 3 is 2.19 bits per heavy atom. The summed E-state index contributed by atoms with van der Waals surface area (Å²) >= 11 is 4.24. The predicted octanol–water partition coefficient (Wildman–Crippen LogP) is 6.00. The molecule has 2 aliphatic heterocycles. The molecular formula is C20H27I3N4. The molecule has 27 heavy (non-hydrogen) atoms. The number of nitrogens with zero attached hydrogens (tertiary/aromatic N) is 4. The van der Waals surface area contributed by atoms with E-state index in [0.717, 1.165) is 13.0 Å². The fourth-order valence-electron chi connectivity index (χ4n) is 3.43. The van der Waals surface area contributed by atoms with Gasteiger partial charge in [-0.1, -0.05) is 12.1 Å². The Bertz CT molecular complexity index is 667. The Balaban J connectivity index is 0.000000239. The Kier molecular flexibility index (Phi) is 13.0. The zero-order valence-corrected chi connectivity index (χ0v) is 22.4. The van der Waals surface area contributed by atoms with Gasteiger partial charge in [0.2, 0.25) is 0 Å². The van der Waals surface area contributed by atoms with Gasteiger partial charge in [0.1, 0.15) is 0 Å². The molecule has 4 nitrogen and oxygen atoms in total. The SMILES string of the molecule is CN1CCC=C1c1cccnc1.CN1CCCC1c1cccnc1.I.II. The number of halogens is 3. The van der Waals surface area contributed by atoms with E-state index in [-0.39, 0.29) is 24.0 Å². The Hall–Kier alpha value is -0.01000. The maximum atomic E-state index is 4.14. The molecule has 0 N–H and O–H groups in total. The summed E-state index contributed by atoms with van der Waals surface area (Å²) in [4.78, 5) is 12.9. The first kappa shape index (κ1) is 25.0. The molecule has 0 amide bonds. The van der Waals surface area contributed by atoms with E-state index in [2.05, 4.69) is 89.3 Å². The highest BCUT2D eigenvalue weighted by molar-refractivity contribution is 15.0. The van der Waals surface area contributed by atoms with Gasteiger partial charge in [-0.05, 0) is 56.6 Å². The number of pyridine rings is 2. The Morgan fingerprint density at radius 1 is 1.00 bits per heavy atom. The summed E-state index contributed by atoms with van der Waals surface area (Å²) in [5, 5.41) is 0. The summed E-state index contributed by atoms with van der Waals surface area (Å²) in [5.41, 5.74) is 3.89. The smallest absolute Gasteiger partial charge is 0.0413 e. The first-order valence-corrected chi connectivity index (χ1v) is 15.1. The molecule has 2 aromatic rings. The van der Waals surface area contributed by atoms with Crippen molar-refractivity contribution in [2.45, 2.75) is 25.3 Å². The number of hydrogen-bond donors (Lipinski definition) is 0. The van der Waals surface area contributed by atoms with Gasteiger partial charge in [0.05, 0.1) is 0 Å². The minimum atomic E-state index is 0. The summed E-state index contributed by atoms with van der Waals surface area (Å²) in [5.74, 6) is 0. The molecule has 0 aromatic carbocycles. The molecule has 7 heteroatoms. The van der Waals surface area contributed by atoms with E-state index in [0.29, 0.717) is 6.04 Å². The van der Waals surface area contributed by atoms with Crippen LogP contribution in [0.5, 0.6) is 0 Å². The van der Waals surface area contributed by atoms with Crippen LogP contribution in [0, 0.1) is 0 Å². The van der Waals surface area contributed by atoms with Crippen LogP contribution in [0.3, 0.4) is 0 Å². The Morgan fingerprint density at radius 2 is 1.70 bits per heavy atom. The largest absolute Gasteiger partial charge is 0.374 e. The van der Waals surface area contributed by atoms with Gasteiger partial charge in [-0.25, -0.2) is 0 Å². The van der Waals surface area contributed by atoms with Crippen molar-refractivity contribution >= 4 is 66.9 Å². The molecule has 0 spiro atoms. The van der Waals surface area contributed by atoms with Crippen LogP contribution in [0.4, 0.5) is 0 Å². The van der Waals surface area contributed by atoms with Crippen LogP contribution in [-0.2, 0) is 0 Å². The third-order valence-electron chi connectivity index (χ3n) is 4.76. The lowest BCUT2D eigenvalue weighted by Gasteiger charge is -2.18. The van der Waals surface area contributed by atoms with Crippen LogP contribution >= 0.6 is 61.2 Å². The predicted molar refractivity (Wildman–Crippen MR) is 142 cm³/mol. The molecule has 1 unspecified atom stereocenters. The van der Waals surface area contributed by atoms with Crippen molar-refractivity contribution in [1.29, 1.82) is 0 Å². The van der Waals surface area contributed by atoms with E-state index in [4.69, 9.17) is 0 Å². The summed E-state index contributed by atoms with van der Waals surface area (Å²) < 4.78 is 0. The van der Waals surface area contributed by atoms with Crippen LogP contribution in [0.1, 0.15) is 36.4 Å². The first-order chi connectivity index (χ1) is 12.8.